The van der Waals surface area contributed by atoms with Gasteiger partial charge in [-0.3, -0.25) is 0 Å². The van der Waals surface area contributed by atoms with Gasteiger partial charge in [0.15, 0.2) is 0 Å². The molecule has 4 aliphatic rings. The third-order valence-corrected chi connectivity index (χ3v) is 26.6. The summed E-state index contributed by atoms with van der Waals surface area (Å²) in [5, 5.41) is 0. The normalized spacial score (nSPS) is 15.6. The Labute approximate surface area is 728 Å². The van der Waals surface area contributed by atoms with E-state index in [2.05, 4.69) is 354 Å². The molecule has 22 rings (SSSR count). The number of anilines is 6. The third kappa shape index (κ3) is 12.1. The van der Waals surface area contributed by atoms with E-state index in [1.54, 1.807) is 0 Å². The molecule has 0 aliphatic heterocycles. The molecule has 0 saturated carbocycles. The van der Waals surface area contributed by atoms with E-state index in [9.17, 15) is 8.78 Å². The van der Waals surface area contributed by atoms with Gasteiger partial charge in [-0.05, 0) is 329 Å². The number of aryl methyl sites for hydroxylation is 4. The number of nitrogens with zero attached hydrogens (tertiary/aromatic N) is 2. The van der Waals surface area contributed by atoms with Crippen molar-refractivity contribution in [1.29, 1.82) is 0 Å². The quantitative estimate of drug-likeness (QED) is 0.0855. The molecule has 18 aromatic carbocycles. The summed E-state index contributed by atoms with van der Waals surface area (Å²) in [5.74, 6) is 2.40. The van der Waals surface area contributed by atoms with Gasteiger partial charge in [-0.15, -0.1) is 0 Å². The molecular weight excluding hydrogens is 1530 g/mol. The summed E-state index contributed by atoms with van der Waals surface area (Å²) in [6.45, 7) is 16.9. The molecule has 0 radical (unpaired) electrons. The van der Waals surface area contributed by atoms with Gasteiger partial charge in [0, 0.05) is 34.1 Å². The van der Waals surface area contributed by atoms with E-state index in [1.807, 2.05) is 84.9 Å². The van der Waals surface area contributed by atoms with Crippen LogP contribution in [0.25, 0.3) is 78.9 Å². The maximum atomic E-state index is 14.7. The first kappa shape index (κ1) is 75.7. The van der Waals surface area contributed by atoms with Crippen LogP contribution in [0.15, 0.2) is 414 Å². The number of hydrogen-bond donors (Lipinski definition) is 0. The Balaban J connectivity index is 0.746. The molecular formula is C119H84F2N2O2. The Morgan fingerprint density at radius 1 is 0.232 bits per heavy atom. The molecule has 1 spiro atoms. The van der Waals surface area contributed by atoms with Crippen LogP contribution in [0.1, 0.15) is 100 Å². The lowest BCUT2D eigenvalue weighted by atomic mass is 9.66. The van der Waals surface area contributed by atoms with E-state index in [4.69, 9.17) is 9.47 Å². The number of hydrogen-bond acceptors (Lipinski definition) is 4. The third-order valence-electron chi connectivity index (χ3n) is 26.6. The van der Waals surface area contributed by atoms with Gasteiger partial charge in [0.25, 0.3) is 0 Å². The number of halogens is 2. The van der Waals surface area contributed by atoms with Gasteiger partial charge < -0.3 is 19.3 Å². The van der Waals surface area contributed by atoms with Gasteiger partial charge in [0.2, 0.25) is 0 Å². The fourth-order valence-electron chi connectivity index (χ4n) is 20.9. The van der Waals surface area contributed by atoms with Crippen molar-refractivity contribution in [3.63, 3.8) is 0 Å². The summed E-state index contributed by atoms with van der Waals surface area (Å²) in [7, 11) is 0. The van der Waals surface area contributed by atoms with Crippen molar-refractivity contribution in [2.45, 2.75) is 43.9 Å². The van der Waals surface area contributed by atoms with Gasteiger partial charge in [0.05, 0.1) is 16.2 Å². The zero-order valence-electron chi connectivity index (χ0n) is 69.6. The molecule has 0 N–H and O–H groups in total. The van der Waals surface area contributed by atoms with Crippen molar-refractivity contribution in [3.05, 3.63) is 525 Å². The van der Waals surface area contributed by atoms with Crippen molar-refractivity contribution >= 4 is 46.3 Å². The molecule has 0 aromatic heterocycles. The highest BCUT2D eigenvalue weighted by molar-refractivity contribution is 6.00. The van der Waals surface area contributed by atoms with E-state index in [-0.39, 0.29) is 11.6 Å². The molecule has 0 heterocycles. The summed E-state index contributed by atoms with van der Waals surface area (Å²) >= 11 is 0. The highest BCUT2D eigenvalue weighted by Crippen LogP contribution is 2.66. The standard InChI is InChI=1S/C119H84F2N2O2/c1-7-79-29-57-95(58-30-79)124-97-61-41-85(42-62-97)117(111-69-75(3)25-27-77(111)5)107-21-13-9-17-99(107)103-65-53-91(71-113(103)117)122(89-49-37-83(38-50-89)81-33-45-87(120)46-34-81)93-55-67-105-101-19-11-15-23-109(101)119(115(105)73-93)110-24-16-12-20-102(110)106-68-56-94(74-116(106)119)123(90-51-39-84(40-52-90)82-35-47-88(121)48-36-82)92-54-66-104-100-18-10-14-22-108(100)118(114(104)72-92,112-70-76(4)26-28-78(112)6)86-43-63-98(64-44-86)125-96-59-31-80(8-2)32-60-96/h7-74H,1-2H2,3-6H3. The molecule has 0 fully saturated rings. The summed E-state index contributed by atoms with van der Waals surface area (Å²) in [4.78, 5) is 4.89. The van der Waals surface area contributed by atoms with Crippen molar-refractivity contribution in [1.82, 2.24) is 0 Å². The predicted octanol–water partition coefficient (Wildman–Crippen LogP) is 31.4. The Bertz CT molecular complexity index is 6920. The van der Waals surface area contributed by atoms with Crippen molar-refractivity contribution in [2.75, 3.05) is 9.80 Å². The lowest BCUT2D eigenvalue weighted by Crippen LogP contribution is -2.30. The summed E-state index contributed by atoms with van der Waals surface area (Å²) in [6, 6.07) is 143. The van der Waals surface area contributed by atoms with Crippen LogP contribution in [-0.2, 0) is 16.2 Å². The average Bonchev–Trinajstić information content (AvgIpc) is 1.55. The van der Waals surface area contributed by atoms with Crippen LogP contribution < -0.4 is 19.3 Å². The smallest absolute Gasteiger partial charge is 0.127 e. The number of ether oxygens (including phenoxy) is 2. The molecule has 2 unspecified atom stereocenters. The van der Waals surface area contributed by atoms with Crippen molar-refractivity contribution in [3.8, 4) is 89.8 Å². The van der Waals surface area contributed by atoms with Crippen LogP contribution in [0.5, 0.6) is 23.0 Å². The molecule has 125 heavy (non-hydrogen) atoms. The molecule has 18 aromatic rings. The highest BCUT2D eigenvalue weighted by atomic mass is 19.1. The van der Waals surface area contributed by atoms with Gasteiger partial charge in [-0.1, -0.05) is 291 Å². The maximum absolute atomic E-state index is 14.7. The Morgan fingerprint density at radius 2 is 0.488 bits per heavy atom. The first-order valence-electron chi connectivity index (χ1n) is 42.7. The fraction of sp³-hybridized carbons (Fsp3) is 0.0588. The Morgan fingerprint density at radius 3 is 0.792 bits per heavy atom. The molecule has 0 bridgehead atoms. The fourth-order valence-corrected chi connectivity index (χ4v) is 20.9. The number of benzene rings is 18. The molecule has 596 valence electrons. The minimum Gasteiger partial charge on any atom is -0.457 e. The van der Waals surface area contributed by atoms with Crippen molar-refractivity contribution < 1.29 is 18.3 Å². The van der Waals surface area contributed by atoms with Crippen LogP contribution in [0.2, 0.25) is 0 Å². The lowest BCUT2D eigenvalue weighted by Gasteiger charge is -2.36. The lowest BCUT2D eigenvalue weighted by molar-refractivity contribution is 0.482. The Hall–Kier alpha value is -15.5. The van der Waals surface area contributed by atoms with E-state index >= 15 is 0 Å². The monoisotopic (exact) mass is 1610 g/mol. The van der Waals surface area contributed by atoms with Gasteiger partial charge in [0.1, 0.15) is 34.6 Å². The first-order valence-corrected chi connectivity index (χ1v) is 42.7. The topological polar surface area (TPSA) is 24.9 Å². The molecule has 2 atom stereocenters. The van der Waals surface area contributed by atoms with Crippen LogP contribution in [0.4, 0.5) is 42.9 Å². The second-order valence-corrected chi connectivity index (χ2v) is 33.6. The number of rotatable bonds is 18. The molecule has 6 heteroatoms. The minimum absolute atomic E-state index is 0.280. The maximum Gasteiger partial charge on any atom is 0.127 e. The molecule has 4 aliphatic carbocycles. The largest absolute Gasteiger partial charge is 0.457 e. The highest BCUT2D eigenvalue weighted by Gasteiger charge is 2.54. The van der Waals surface area contributed by atoms with Gasteiger partial charge >= 0.3 is 0 Å². The average molecular weight is 1610 g/mol. The van der Waals surface area contributed by atoms with Gasteiger partial charge in [-0.25, -0.2) is 8.78 Å². The van der Waals surface area contributed by atoms with Crippen LogP contribution in [0, 0.1) is 39.3 Å². The zero-order chi connectivity index (χ0) is 84.4. The summed E-state index contributed by atoms with van der Waals surface area (Å²) in [6.07, 6.45) is 3.68. The summed E-state index contributed by atoms with van der Waals surface area (Å²) in [5.41, 5.74) is 37.2. The van der Waals surface area contributed by atoms with E-state index in [0.29, 0.717) is 0 Å². The minimum atomic E-state index is -0.856. The van der Waals surface area contributed by atoms with Crippen LogP contribution >= 0.6 is 0 Å². The van der Waals surface area contributed by atoms with Gasteiger partial charge in [-0.2, -0.15) is 0 Å². The molecule has 0 saturated heterocycles. The number of fused-ring (bicyclic) bond motifs is 16. The molecule has 4 nitrogen and oxygen atoms in total. The van der Waals surface area contributed by atoms with Crippen LogP contribution in [0.3, 0.4) is 0 Å². The summed E-state index contributed by atoms with van der Waals surface area (Å²) < 4.78 is 42.7. The molecule has 0 amide bonds. The predicted molar refractivity (Wildman–Crippen MR) is 510 cm³/mol. The van der Waals surface area contributed by atoms with E-state index in [0.717, 1.165) is 146 Å². The van der Waals surface area contributed by atoms with E-state index in [1.165, 1.54) is 102 Å². The zero-order valence-corrected chi connectivity index (χ0v) is 69.6. The second-order valence-electron chi connectivity index (χ2n) is 33.6. The van der Waals surface area contributed by atoms with Crippen LogP contribution in [-0.4, -0.2) is 0 Å². The van der Waals surface area contributed by atoms with Crippen molar-refractivity contribution in [2.24, 2.45) is 0 Å². The Kier molecular flexibility index (Phi) is 18.2. The first-order chi connectivity index (χ1) is 61.3. The second kappa shape index (κ2) is 30.0. The van der Waals surface area contributed by atoms with E-state index < -0.39 is 16.2 Å². The SMILES string of the molecule is C=Cc1ccc(Oc2ccc(C3(c4cc(C)ccc4C)c4ccccc4-c4ccc(N(c5ccc(-c6ccc(F)cc6)cc5)c5ccc6c(c5)C5(c7ccccc7-6)c6ccccc6-c6ccc(N(c7ccc(-c8ccc(F)cc8)cc7)c7ccc8c(c7)C(c7ccc(Oc9ccc(C=C)cc9)cc7)(c7cc(C)ccc7C)c7ccccc7-8)cc65)cc43)cc2)cc1.